The van der Waals surface area contributed by atoms with Gasteiger partial charge >= 0.3 is 0 Å². The van der Waals surface area contributed by atoms with Crippen molar-refractivity contribution >= 4 is 41.1 Å². The Morgan fingerprint density at radius 3 is 2.62 bits per heavy atom. The second-order valence-corrected chi connectivity index (χ2v) is 12.9. The van der Waals surface area contributed by atoms with Gasteiger partial charge < -0.3 is 9.88 Å². The molecule has 1 aromatic heterocycles. The largest absolute Gasteiger partial charge is 0.361 e. The molecule has 9 nitrogen and oxygen atoms in total. The van der Waals surface area contributed by atoms with E-state index >= 15 is 0 Å². The zero-order valence-corrected chi connectivity index (χ0v) is 22.8. The highest BCUT2D eigenvalue weighted by molar-refractivity contribution is 7.76. The lowest BCUT2D eigenvalue weighted by molar-refractivity contribution is -0.140. The van der Waals surface area contributed by atoms with Gasteiger partial charge in [-0.05, 0) is 55.4 Å². The van der Waals surface area contributed by atoms with Crippen LogP contribution in [0.1, 0.15) is 38.5 Å². The molecular weight excluding hydrogens is 514 g/mol. The Bertz CT molecular complexity index is 1430. The number of nitrogens with one attached hydrogen (secondary N) is 1. The highest BCUT2D eigenvalue weighted by Crippen LogP contribution is 2.39. The molecule has 206 valence electrons. The molecule has 0 aromatic carbocycles. The smallest absolute Gasteiger partial charge is 0.255 e. The Kier molecular flexibility index (Phi) is 6.24. The van der Waals surface area contributed by atoms with Crippen LogP contribution in [0.4, 0.5) is 0 Å². The maximum absolute atomic E-state index is 13.9. The SMILES string of the molecule is O=C(C1CC1)N1CC(CN2C(=O)C3(CCN(S(=O)O)CC3)N=C2C2C=CC(C3C=c4cc[nH]c4=CC3)=CC2)C1. The molecule has 2 saturated heterocycles. The number of hydrogen-bond donors (Lipinski definition) is 2. The minimum absolute atomic E-state index is 0.0155. The first-order valence-corrected chi connectivity index (χ1v) is 15.3. The number of aromatic amines is 1. The van der Waals surface area contributed by atoms with Crippen molar-refractivity contribution in [3.05, 3.63) is 46.6 Å². The van der Waals surface area contributed by atoms with Crippen molar-refractivity contribution in [2.75, 3.05) is 32.7 Å². The molecule has 3 unspecified atom stereocenters. The van der Waals surface area contributed by atoms with Gasteiger partial charge in [0.25, 0.3) is 5.91 Å². The molecular formula is C29H35N5O4S. The van der Waals surface area contributed by atoms with E-state index in [2.05, 4.69) is 41.4 Å². The molecule has 1 aromatic rings. The quantitative estimate of drug-likeness (QED) is 0.520. The van der Waals surface area contributed by atoms with Gasteiger partial charge in [-0.2, -0.15) is 0 Å². The van der Waals surface area contributed by atoms with Gasteiger partial charge in [-0.1, -0.05) is 30.4 Å². The third-order valence-electron chi connectivity index (χ3n) is 9.31. The third-order valence-corrected chi connectivity index (χ3v) is 10.1. The second kappa shape index (κ2) is 9.67. The number of H-pyrrole nitrogens is 1. The molecule has 0 radical (unpaired) electrons. The summed E-state index contributed by atoms with van der Waals surface area (Å²) in [5.41, 5.74) is 0.445. The minimum Gasteiger partial charge on any atom is -0.361 e. The van der Waals surface area contributed by atoms with Gasteiger partial charge in [-0.15, -0.1) is 0 Å². The minimum atomic E-state index is -2.03. The topological polar surface area (TPSA) is 109 Å². The molecule has 2 amide bonds. The van der Waals surface area contributed by atoms with E-state index in [-0.39, 0.29) is 29.6 Å². The van der Waals surface area contributed by atoms with Gasteiger partial charge in [0.1, 0.15) is 11.4 Å². The van der Waals surface area contributed by atoms with E-state index in [0.29, 0.717) is 51.5 Å². The van der Waals surface area contributed by atoms with E-state index in [0.717, 1.165) is 31.5 Å². The molecule has 6 aliphatic rings. The van der Waals surface area contributed by atoms with Crippen molar-refractivity contribution in [1.82, 2.24) is 19.1 Å². The maximum Gasteiger partial charge on any atom is 0.255 e. The van der Waals surface area contributed by atoms with Crippen molar-refractivity contribution in [3.63, 3.8) is 0 Å². The van der Waals surface area contributed by atoms with Gasteiger partial charge in [0, 0.05) is 67.9 Å². The van der Waals surface area contributed by atoms with E-state index < -0.39 is 16.8 Å². The lowest BCUT2D eigenvalue weighted by Gasteiger charge is -2.42. The first kappa shape index (κ1) is 25.2. The fourth-order valence-electron chi connectivity index (χ4n) is 6.77. The van der Waals surface area contributed by atoms with Crippen LogP contribution in [0, 0.1) is 23.7 Å². The van der Waals surface area contributed by atoms with Crippen LogP contribution in [0.2, 0.25) is 0 Å². The molecule has 39 heavy (non-hydrogen) atoms. The predicted octanol–water partition coefficient (Wildman–Crippen LogP) is 1.18. The predicted molar refractivity (Wildman–Crippen MR) is 149 cm³/mol. The van der Waals surface area contributed by atoms with Gasteiger partial charge in [0.2, 0.25) is 17.2 Å². The van der Waals surface area contributed by atoms with Gasteiger partial charge in [-0.3, -0.25) is 24.0 Å². The van der Waals surface area contributed by atoms with Crippen LogP contribution in [0.15, 0.2) is 41.1 Å². The number of likely N-dealkylation sites (tertiary alicyclic amines) is 1. The zero-order valence-electron chi connectivity index (χ0n) is 22.0. The normalized spacial score (nSPS) is 29.3. The number of aromatic nitrogens is 1. The van der Waals surface area contributed by atoms with E-state index in [1.54, 1.807) is 0 Å². The monoisotopic (exact) mass is 549 g/mol. The van der Waals surface area contributed by atoms with E-state index in [4.69, 9.17) is 4.99 Å². The zero-order chi connectivity index (χ0) is 26.7. The number of hydrogen-bond acceptors (Lipinski definition) is 4. The van der Waals surface area contributed by atoms with Crippen LogP contribution in [-0.4, -0.2) is 83.8 Å². The summed E-state index contributed by atoms with van der Waals surface area (Å²) in [5.74, 6) is 1.94. The van der Waals surface area contributed by atoms with E-state index in [1.165, 1.54) is 20.4 Å². The number of allylic oxidation sites excluding steroid dienone is 3. The summed E-state index contributed by atoms with van der Waals surface area (Å²) in [7, 11) is 0. The lowest BCUT2D eigenvalue weighted by Crippen LogP contribution is -2.57. The number of rotatable bonds is 6. The van der Waals surface area contributed by atoms with Crippen molar-refractivity contribution in [2.24, 2.45) is 28.7 Å². The first-order chi connectivity index (χ1) is 18.9. The maximum atomic E-state index is 13.9. The van der Waals surface area contributed by atoms with Crippen molar-refractivity contribution in [1.29, 1.82) is 0 Å². The highest BCUT2D eigenvalue weighted by Gasteiger charge is 2.52. The molecule has 3 fully saturated rings. The molecule has 2 N–H and O–H groups in total. The molecule has 4 heterocycles. The number of nitrogens with zero attached hydrogens (tertiary/aromatic N) is 4. The summed E-state index contributed by atoms with van der Waals surface area (Å²) >= 11 is -2.03. The average Bonchev–Trinajstić information content (AvgIpc) is 3.62. The van der Waals surface area contributed by atoms with Crippen LogP contribution in [0.5, 0.6) is 0 Å². The molecule has 3 aliphatic carbocycles. The van der Waals surface area contributed by atoms with Crippen LogP contribution < -0.4 is 10.6 Å². The summed E-state index contributed by atoms with van der Waals surface area (Å²) in [5, 5.41) is 2.43. The Balaban J connectivity index is 1.09. The number of piperidine rings is 1. The standard InChI is InChI=1S/C29H35N5O4S/c35-27(22-5-6-22)32-16-19(17-32)18-34-26(31-29(28(34)36)10-13-33(14-11-29)39(37)38)21-3-1-20(2-4-21)23-7-8-25-24(15-23)9-12-30-25/h1-3,8-9,12,15,19,21-23,30H,4-7,10-11,13-14,16-18H2,(H,37,38). The Hall–Kier alpha value is -2.82. The van der Waals surface area contributed by atoms with E-state index in [9.17, 15) is 18.4 Å². The number of carbonyl (C=O) groups excluding carboxylic acids is 2. The summed E-state index contributed by atoms with van der Waals surface area (Å²) in [6, 6.07) is 2.11. The Morgan fingerprint density at radius 1 is 1.15 bits per heavy atom. The van der Waals surface area contributed by atoms with Crippen LogP contribution in [0.25, 0.3) is 12.2 Å². The van der Waals surface area contributed by atoms with Crippen molar-refractivity contribution < 1.29 is 18.4 Å². The van der Waals surface area contributed by atoms with Gasteiger partial charge in [-0.25, -0.2) is 8.51 Å². The first-order valence-electron chi connectivity index (χ1n) is 14.2. The third kappa shape index (κ3) is 4.56. The summed E-state index contributed by atoms with van der Waals surface area (Å²) in [6.07, 6.45) is 17.9. The summed E-state index contributed by atoms with van der Waals surface area (Å²) < 4.78 is 22.6. The van der Waals surface area contributed by atoms with Crippen molar-refractivity contribution in [2.45, 2.75) is 44.1 Å². The second-order valence-electron chi connectivity index (χ2n) is 11.9. The Morgan fingerprint density at radius 2 is 1.92 bits per heavy atom. The summed E-state index contributed by atoms with van der Waals surface area (Å²) in [4.78, 5) is 38.6. The lowest BCUT2D eigenvalue weighted by atomic mass is 9.85. The van der Waals surface area contributed by atoms with E-state index in [1.807, 2.05) is 16.0 Å². The molecule has 3 atom stereocenters. The fourth-order valence-corrected chi connectivity index (χ4v) is 7.27. The number of aliphatic imine (C=N–C) groups is 1. The average molecular weight is 550 g/mol. The fraction of sp³-hybridized carbons (Fsp3) is 0.552. The van der Waals surface area contributed by atoms with Crippen LogP contribution in [-0.2, 0) is 20.9 Å². The van der Waals surface area contributed by atoms with Gasteiger partial charge in [0.05, 0.1) is 0 Å². The molecule has 0 bridgehead atoms. The number of carbonyl (C=O) groups is 2. The molecule has 1 saturated carbocycles. The van der Waals surface area contributed by atoms with Crippen LogP contribution in [0.3, 0.4) is 0 Å². The molecule has 3 aliphatic heterocycles. The molecule has 10 heteroatoms. The number of fused-ring (bicyclic) bond motifs is 1. The molecule has 1 spiro atoms. The molecule has 7 rings (SSSR count). The van der Waals surface area contributed by atoms with Crippen LogP contribution >= 0.6 is 0 Å². The van der Waals surface area contributed by atoms with Gasteiger partial charge in [0.15, 0.2) is 0 Å². The Labute approximate surface area is 230 Å². The summed E-state index contributed by atoms with van der Waals surface area (Å²) in [6.45, 7) is 2.72. The van der Waals surface area contributed by atoms with Crippen molar-refractivity contribution in [3.8, 4) is 0 Å². The highest BCUT2D eigenvalue weighted by atomic mass is 32.2. The number of amidine groups is 1. The number of amides is 2.